The molecule has 0 saturated carbocycles. The van der Waals surface area contributed by atoms with Crippen LogP contribution < -0.4 is 5.32 Å². The van der Waals surface area contributed by atoms with Crippen LogP contribution in [-0.2, 0) is 5.75 Å². The van der Waals surface area contributed by atoms with Gasteiger partial charge in [-0.05, 0) is 56.1 Å². The van der Waals surface area contributed by atoms with Crippen molar-refractivity contribution in [2.75, 3.05) is 20.1 Å². The van der Waals surface area contributed by atoms with E-state index >= 15 is 0 Å². The number of hydrogen-bond donors (Lipinski definition) is 1. The van der Waals surface area contributed by atoms with Crippen LogP contribution in [0.25, 0.3) is 0 Å². The van der Waals surface area contributed by atoms with Gasteiger partial charge in [-0.1, -0.05) is 29.8 Å². The number of hydrogen-bond acceptors (Lipinski definition) is 3. The van der Waals surface area contributed by atoms with Crippen LogP contribution in [0.2, 0.25) is 0 Å². The summed E-state index contributed by atoms with van der Waals surface area (Å²) in [5.74, 6) is 0.992. The Morgan fingerprint density at radius 3 is 2.80 bits per heavy atom. The number of thioether (sulfide) groups is 1. The number of nitrogens with one attached hydrogen (secondary N) is 1. The van der Waals surface area contributed by atoms with E-state index in [4.69, 9.17) is 0 Å². The number of aryl methyl sites for hydroxylation is 2. The highest BCUT2D eigenvalue weighted by molar-refractivity contribution is 7.98. The quantitative estimate of drug-likeness (QED) is 0.823. The van der Waals surface area contributed by atoms with E-state index < -0.39 is 0 Å². The van der Waals surface area contributed by atoms with E-state index in [2.05, 4.69) is 43.4 Å². The van der Waals surface area contributed by atoms with Crippen LogP contribution in [-0.4, -0.2) is 37.0 Å². The summed E-state index contributed by atoms with van der Waals surface area (Å²) < 4.78 is 0. The van der Waals surface area contributed by atoms with Gasteiger partial charge in [0, 0.05) is 35.8 Å². The summed E-state index contributed by atoms with van der Waals surface area (Å²) in [6.45, 7) is 6.16. The number of likely N-dealkylation sites (N-methyl/N-ethyl adjacent to an activating group) is 1. The average molecular weight is 355 g/mol. The second-order valence-corrected chi connectivity index (χ2v) is 7.84. The number of carbonyl (C=O) groups excluding carboxylic acids is 1. The molecule has 2 aromatic carbocycles. The van der Waals surface area contributed by atoms with E-state index in [0.717, 1.165) is 30.8 Å². The minimum absolute atomic E-state index is 0.118. The molecule has 1 unspecified atom stereocenters. The first kappa shape index (κ1) is 18.0. The van der Waals surface area contributed by atoms with Crippen LogP contribution in [0.1, 0.15) is 33.5 Å². The topological polar surface area (TPSA) is 32.3 Å². The fourth-order valence-electron chi connectivity index (χ4n) is 3.26. The molecule has 1 atom stereocenters. The van der Waals surface area contributed by atoms with Gasteiger partial charge < -0.3 is 10.2 Å². The Bertz CT molecular complexity index is 753. The molecule has 0 bridgehead atoms. The van der Waals surface area contributed by atoms with E-state index in [0.29, 0.717) is 6.04 Å². The second kappa shape index (κ2) is 8.07. The Morgan fingerprint density at radius 2 is 2.08 bits per heavy atom. The lowest BCUT2D eigenvalue weighted by atomic mass is 10.1. The van der Waals surface area contributed by atoms with Gasteiger partial charge in [-0.15, -0.1) is 11.8 Å². The first-order valence-electron chi connectivity index (χ1n) is 8.81. The maximum atomic E-state index is 12.7. The number of amides is 1. The summed E-state index contributed by atoms with van der Waals surface area (Å²) in [4.78, 5) is 15.9. The van der Waals surface area contributed by atoms with E-state index in [1.807, 2.05) is 41.9 Å². The third-order valence-electron chi connectivity index (χ3n) is 4.80. The number of rotatable bonds is 5. The molecule has 0 spiro atoms. The lowest BCUT2D eigenvalue weighted by Crippen LogP contribution is -2.38. The van der Waals surface area contributed by atoms with E-state index in [1.165, 1.54) is 21.6 Å². The molecule has 1 aliphatic heterocycles. The molecule has 1 amide bonds. The van der Waals surface area contributed by atoms with Crippen LogP contribution >= 0.6 is 11.8 Å². The molecule has 0 aromatic heterocycles. The van der Waals surface area contributed by atoms with Crippen molar-refractivity contribution in [2.24, 2.45) is 0 Å². The van der Waals surface area contributed by atoms with Crippen molar-refractivity contribution in [3.05, 3.63) is 64.7 Å². The third kappa shape index (κ3) is 4.44. The Labute approximate surface area is 154 Å². The van der Waals surface area contributed by atoms with Crippen molar-refractivity contribution in [1.82, 2.24) is 10.2 Å². The Balaban J connectivity index is 1.67. The average Bonchev–Trinajstić information content (AvgIpc) is 3.14. The molecular formula is C21H26N2OS. The van der Waals surface area contributed by atoms with Crippen molar-refractivity contribution in [2.45, 2.75) is 37.0 Å². The van der Waals surface area contributed by atoms with Crippen LogP contribution in [0, 0.1) is 13.8 Å². The van der Waals surface area contributed by atoms with E-state index in [-0.39, 0.29) is 5.91 Å². The van der Waals surface area contributed by atoms with Gasteiger partial charge >= 0.3 is 0 Å². The highest BCUT2D eigenvalue weighted by atomic mass is 32.2. The normalized spacial score (nSPS) is 16.8. The number of carbonyl (C=O) groups is 1. The molecule has 0 aliphatic carbocycles. The first-order chi connectivity index (χ1) is 12.0. The molecule has 1 aliphatic rings. The zero-order chi connectivity index (χ0) is 17.8. The van der Waals surface area contributed by atoms with Gasteiger partial charge in [0.05, 0.1) is 0 Å². The fourth-order valence-corrected chi connectivity index (χ4v) is 4.21. The predicted octanol–water partition coefficient (Wildman–Crippen LogP) is 4.03. The second-order valence-electron chi connectivity index (χ2n) is 6.82. The van der Waals surface area contributed by atoms with Crippen molar-refractivity contribution >= 4 is 17.7 Å². The van der Waals surface area contributed by atoms with Gasteiger partial charge in [0.2, 0.25) is 0 Å². The Kier molecular flexibility index (Phi) is 5.82. The molecular weight excluding hydrogens is 328 g/mol. The van der Waals surface area contributed by atoms with Crippen LogP contribution in [0.3, 0.4) is 0 Å². The van der Waals surface area contributed by atoms with Crippen molar-refractivity contribution < 1.29 is 4.79 Å². The summed E-state index contributed by atoms with van der Waals surface area (Å²) in [6, 6.07) is 14.9. The first-order valence-corrected chi connectivity index (χ1v) is 9.80. The minimum atomic E-state index is 0.118. The van der Waals surface area contributed by atoms with Crippen molar-refractivity contribution in [3.8, 4) is 0 Å². The molecule has 25 heavy (non-hydrogen) atoms. The van der Waals surface area contributed by atoms with Crippen LogP contribution in [0.4, 0.5) is 0 Å². The smallest absolute Gasteiger partial charge is 0.253 e. The van der Waals surface area contributed by atoms with Crippen LogP contribution in [0.5, 0.6) is 0 Å². The zero-order valence-corrected chi connectivity index (χ0v) is 16.0. The summed E-state index contributed by atoms with van der Waals surface area (Å²) in [6.07, 6.45) is 1.03. The van der Waals surface area contributed by atoms with E-state index in [9.17, 15) is 4.79 Å². The zero-order valence-electron chi connectivity index (χ0n) is 15.2. The monoisotopic (exact) mass is 354 g/mol. The number of nitrogens with zero attached hydrogens (tertiary/aromatic N) is 1. The van der Waals surface area contributed by atoms with Crippen molar-refractivity contribution in [1.29, 1.82) is 0 Å². The number of benzene rings is 2. The molecule has 1 saturated heterocycles. The molecule has 1 heterocycles. The minimum Gasteiger partial charge on any atom is -0.337 e. The van der Waals surface area contributed by atoms with Gasteiger partial charge in [0.1, 0.15) is 0 Å². The van der Waals surface area contributed by atoms with E-state index in [1.54, 1.807) is 0 Å². The molecule has 0 radical (unpaired) electrons. The predicted molar refractivity (Wildman–Crippen MR) is 105 cm³/mol. The fraction of sp³-hybridized carbons (Fsp3) is 0.381. The molecule has 4 heteroatoms. The molecule has 2 aromatic rings. The largest absolute Gasteiger partial charge is 0.337 e. The maximum absolute atomic E-state index is 12.7. The highest BCUT2D eigenvalue weighted by Gasteiger charge is 2.24. The van der Waals surface area contributed by atoms with Gasteiger partial charge in [-0.3, -0.25) is 4.79 Å². The van der Waals surface area contributed by atoms with Gasteiger partial charge in [0.25, 0.3) is 5.91 Å². The summed E-state index contributed by atoms with van der Waals surface area (Å²) in [7, 11) is 1.91. The van der Waals surface area contributed by atoms with Crippen molar-refractivity contribution in [3.63, 3.8) is 0 Å². The molecule has 1 N–H and O–H groups in total. The molecule has 3 nitrogen and oxygen atoms in total. The lowest BCUT2D eigenvalue weighted by molar-refractivity contribution is 0.0743. The summed E-state index contributed by atoms with van der Waals surface area (Å²) in [5, 5.41) is 3.32. The Hall–Kier alpha value is -1.78. The van der Waals surface area contributed by atoms with Gasteiger partial charge in [0.15, 0.2) is 0 Å². The SMILES string of the molecule is Cc1ccc(SCc2cccc(C(=O)N(C)C3CCNC3)c2)c(C)c1. The lowest BCUT2D eigenvalue weighted by Gasteiger charge is -2.24. The third-order valence-corrected chi connectivity index (χ3v) is 6.05. The van der Waals surface area contributed by atoms with Gasteiger partial charge in [-0.2, -0.15) is 0 Å². The molecule has 3 rings (SSSR count). The summed E-state index contributed by atoms with van der Waals surface area (Å²) >= 11 is 1.83. The summed E-state index contributed by atoms with van der Waals surface area (Å²) in [5.41, 5.74) is 4.58. The van der Waals surface area contributed by atoms with Crippen LogP contribution in [0.15, 0.2) is 47.4 Å². The maximum Gasteiger partial charge on any atom is 0.253 e. The standard InChI is InChI=1S/C21H26N2OS/c1-15-7-8-20(16(2)11-15)25-14-17-5-4-6-18(12-17)21(24)23(3)19-9-10-22-13-19/h4-8,11-12,19,22H,9-10,13-14H2,1-3H3. The molecule has 1 fully saturated rings. The molecule has 132 valence electrons. The van der Waals surface area contributed by atoms with Gasteiger partial charge in [-0.25, -0.2) is 0 Å². The Morgan fingerprint density at radius 1 is 1.24 bits per heavy atom. The highest BCUT2D eigenvalue weighted by Crippen LogP contribution is 2.27.